The van der Waals surface area contributed by atoms with E-state index in [9.17, 15) is 4.79 Å². The third-order valence-electron chi connectivity index (χ3n) is 3.39. The second-order valence-electron chi connectivity index (χ2n) is 4.73. The molecule has 3 rings (SSSR count). The molecule has 2 atom stereocenters. The van der Waals surface area contributed by atoms with E-state index in [1.807, 2.05) is 11.8 Å². The van der Waals surface area contributed by atoms with Gasteiger partial charge in [0.25, 0.3) is 0 Å². The molecule has 2 aliphatic rings. The Bertz CT molecular complexity index is 419. The van der Waals surface area contributed by atoms with Gasteiger partial charge in [0.1, 0.15) is 0 Å². The Morgan fingerprint density at radius 2 is 2.18 bits per heavy atom. The zero-order valence-corrected chi connectivity index (χ0v) is 9.68. The summed E-state index contributed by atoms with van der Waals surface area (Å²) >= 11 is 0. The van der Waals surface area contributed by atoms with Gasteiger partial charge in [0.15, 0.2) is 0 Å². The van der Waals surface area contributed by atoms with Crippen LogP contribution in [0.4, 0.5) is 10.7 Å². The summed E-state index contributed by atoms with van der Waals surface area (Å²) in [6, 6.07) is 1.59. The monoisotopic (exact) mass is 237 g/mol. The fraction of sp³-hybridized carbons (Fsp3) is 0.636. The van der Waals surface area contributed by atoms with Crippen LogP contribution >= 0.6 is 0 Å². The lowest BCUT2D eigenvalue weighted by molar-refractivity contribution is 0.158. The predicted octanol–water partition coefficient (Wildman–Crippen LogP) is 1.09. The molecule has 0 aliphatic carbocycles. The molecular formula is C11H15N3O3. The van der Waals surface area contributed by atoms with E-state index in [0.29, 0.717) is 17.7 Å². The molecule has 0 spiro atoms. The number of nitrogens with zero attached hydrogens (tertiary/aromatic N) is 2. The number of amides is 2. The summed E-state index contributed by atoms with van der Waals surface area (Å²) in [5, 5.41) is 6.44. The van der Waals surface area contributed by atoms with Crippen molar-refractivity contribution in [2.45, 2.75) is 6.92 Å². The Hall–Kier alpha value is -1.56. The number of carbonyl (C=O) groups excluding carboxylic acids is 1. The molecule has 17 heavy (non-hydrogen) atoms. The first-order valence-corrected chi connectivity index (χ1v) is 5.79. The summed E-state index contributed by atoms with van der Waals surface area (Å²) in [6.45, 7) is 4.90. The summed E-state index contributed by atoms with van der Waals surface area (Å²) in [7, 11) is 0. The third kappa shape index (κ3) is 2.00. The number of nitrogens with one attached hydrogen (secondary N) is 1. The maximum atomic E-state index is 11.9. The van der Waals surface area contributed by atoms with Gasteiger partial charge in [0, 0.05) is 31.0 Å². The molecule has 2 saturated heterocycles. The van der Waals surface area contributed by atoms with E-state index < -0.39 is 0 Å². The van der Waals surface area contributed by atoms with E-state index in [4.69, 9.17) is 9.26 Å². The normalized spacial score (nSPS) is 27.2. The van der Waals surface area contributed by atoms with Crippen molar-refractivity contribution in [1.29, 1.82) is 0 Å². The van der Waals surface area contributed by atoms with Crippen LogP contribution in [0.2, 0.25) is 0 Å². The van der Waals surface area contributed by atoms with Crippen LogP contribution in [0.25, 0.3) is 0 Å². The smallest absolute Gasteiger partial charge is 0.324 e. The fourth-order valence-corrected chi connectivity index (χ4v) is 2.46. The number of hydrogen-bond donors (Lipinski definition) is 1. The average molecular weight is 237 g/mol. The molecule has 3 heterocycles. The van der Waals surface area contributed by atoms with Crippen molar-refractivity contribution in [3.8, 4) is 0 Å². The van der Waals surface area contributed by atoms with E-state index in [2.05, 4.69) is 10.5 Å². The Morgan fingerprint density at radius 3 is 2.76 bits per heavy atom. The van der Waals surface area contributed by atoms with Gasteiger partial charge in [-0.1, -0.05) is 5.16 Å². The van der Waals surface area contributed by atoms with Crippen molar-refractivity contribution in [1.82, 2.24) is 10.1 Å². The van der Waals surface area contributed by atoms with Crippen molar-refractivity contribution in [2.75, 3.05) is 31.6 Å². The lowest BCUT2D eigenvalue weighted by atomic mass is 10.0. The number of anilines is 1. The summed E-state index contributed by atoms with van der Waals surface area (Å²) in [6.07, 6.45) is 0. The Morgan fingerprint density at radius 1 is 1.47 bits per heavy atom. The first-order chi connectivity index (χ1) is 8.22. The molecule has 0 unspecified atom stereocenters. The molecule has 0 bridgehead atoms. The molecule has 0 radical (unpaired) electrons. The van der Waals surface area contributed by atoms with Crippen LogP contribution in [0, 0.1) is 18.8 Å². The van der Waals surface area contributed by atoms with Gasteiger partial charge in [-0.05, 0) is 6.92 Å². The van der Waals surface area contributed by atoms with Crippen molar-refractivity contribution in [3.63, 3.8) is 0 Å². The Balaban J connectivity index is 1.60. The summed E-state index contributed by atoms with van der Waals surface area (Å²) in [5.41, 5.74) is 0.756. The maximum Gasteiger partial charge on any atom is 0.324 e. The predicted molar refractivity (Wildman–Crippen MR) is 59.6 cm³/mol. The van der Waals surface area contributed by atoms with Crippen molar-refractivity contribution >= 4 is 11.9 Å². The highest BCUT2D eigenvalue weighted by atomic mass is 16.5. The van der Waals surface area contributed by atoms with Crippen LogP contribution in [0.15, 0.2) is 10.6 Å². The van der Waals surface area contributed by atoms with E-state index in [-0.39, 0.29) is 6.03 Å². The molecular weight excluding hydrogens is 222 g/mol. The molecule has 2 fully saturated rings. The molecule has 1 aromatic heterocycles. The van der Waals surface area contributed by atoms with Gasteiger partial charge in [-0.3, -0.25) is 5.32 Å². The first kappa shape index (κ1) is 10.6. The van der Waals surface area contributed by atoms with E-state index in [1.54, 1.807) is 6.07 Å². The fourth-order valence-electron chi connectivity index (χ4n) is 2.46. The second kappa shape index (κ2) is 4.03. The molecule has 1 N–H and O–H groups in total. The topological polar surface area (TPSA) is 67.6 Å². The number of ether oxygens (including phenoxy) is 1. The van der Waals surface area contributed by atoms with Crippen LogP contribution in [0.1, 0.15) is 5.69 Å². The van der Waals surface area contributed by atoms with Crippen molar-refractivity contribution in [2.24, 2.45) is 11.8 Å². The molecule has 92 valence electrons. The maximum absolute atomic E-state index is 11.9. The van der Waals surface area contributed by atoms with Crippen LogP contribution in [0.3, 0.4) is 0 Å². The van der Waals surface area contributed by atoms with Crippen LogP contribution in [-0.4, -0.2) is 42.4 Å². The third-order valence-corrected chi connectivity index (χ3v) is 3.39. The number of carbonyl (C=O) groups is 1. The minimum absolute atomic E-state index is 0.115. The molecule has 0 aromatic carbocycles. The van der Waals surface area contributed by atoms with Gasteiger partial charge >= 0.3 is 6.03 Å². The quantitative estimate of drug-likeness (QED) is 0.794. The SMILES string of the molecule is Cc1cc(NC(=O)N2C[C@H]3COC[C@H]3C2)on1. The molecule has 0 saturated carbocycles. The van der Waals surface area contributed by atoms with Gasteiger partial charge in [-0.15, -0.1) is 0 Å². The highest BCUT2D eigenvalue weighted by Gasteiger charge is 2.39. The number of aryl methyl sites for hydroxylation is 1. The molecule has 6 nitrogen and oxygen atoms in total. The molecule has 2 amide bonds. The highest BCUT2D eigenvalue weighted by Crippen LogP contribution is 2.29. The first-order valence-electron chi connectivity index (χ1n) is 5.79. The number of urea groups is 1. The molecule has 1 aromatic rings. The lowest BCUT2D eigenvalue weighted by Crippen LogP contribution is -2.34. The van der Waals surface area contributed by atoms with Crippen LogP contribution in [0.5, 0.6) is 0 Å². The van der Waals surface area contributed by atoms with E-state index in [1.165, 1.54) is 0 Å². The molecule has 6 heteroatoms. The van der Waals surface area contributed by atoms with Gasteiger partial charge < -0.3 is 14.2 Å². The second-order valence-corrected chi connectivity index (χ2v) is 4.73. The van der Waals surface area contributed by atoms with Gasteiger partial charge in [-0.2, -0.15) is 0 Å². The minimum Gasteiger partial charge on any atom is -0.381 e. The van der Waals surface area contributed by atoms with E-state index >= 15 is 0 Å². The van der Waals surface area contributed by atoms with E-state index in [0.717, 1.165) is 32.0 Å². The van der Waals surface area contributed by atoms with Gasteiger partial charge in [-0.25, -0.2) is 4.79 Å². The summed E-state index contributed by atoms with van der Waals surface area (Å²) in [4.78, 5) is 13.8. The zero-order chi connectivity index (χ0) is 11.8. The average Bonchev–Trinajstić information content (AvgIpc) is 2.92. The number of fused-ring (bicyclic) bond motifs is 1. The van der Waals surface area contributed by atoms with Crippen molar-refractivity contribution < 1.29 is 14.1 Å². The summed E-state index contributed by atoms with van der Waals surface area (Å²) in [5.74, 6) is 1.40. The zero-order valence-electron chi connectivity index (χ0n) is 9.68. The lowest BCUT2D eigenvalue weighted by Gasteiger charge is -2.16. The van der Waals surface area contributed by atoms with Gasteiger partial charge in [0.2, 0.25) is 5.88 Å². The van der Waals surface area contributed by atoms with Crippen LogP contribution < -0.4 is 5.32 Å². The van der Waals surface area contributed by atoms with Crippen LogP contribution in [-0.2, 0) is 4.74 Å². The minimum atomic E-state index is -0.115. The van der Waals surface area contributed by atoms with Crippen molar-refractivity contribution in [3.05, 3.63) is 11.8 Å². The highest BCUT2D eigenvalue weighted by molar-refractivity contribution is 5.88. The largest absolute Gasteiger partial charge is 0.381 e. The summed E-state index contributed by atoms with van der Waals surface area (Å²) < 4.78 is 10.3. The number of aromatic nitrogens is 1. The number of rotatable bonds is 1. The standard InChI is InChI=1S/C11H15N3O3/c1-7-2-10(17-13-7)12-11(15)14-3-8-5-16-6-9(8)4-14/h2,8-9H,3-6H2,1H3,(H,12,15)/t8-,9+. The number of likely N-dealkylation sites (tertiary alicyclic amines) is 1. The number of hydrogen-bond acceptors (Lipinski definition) is 4. The van der Waals surface area contributed by atoms with Gasteiger partial charge in [0.05, 0.1) is 18.9 Å². The Kier molecular flexibility index (Phi) is 2.51. The molecule has 2 aliphatic heterocycles. The Labute approximate surface area is 98.9 Å².